The third kappa shape index (κ3) is 3.32. The average Bonchev–Trinajstić information content (AvgIpc) is 2.80. The van der Waals surface area contributed by atoms with E-state index in [0.717, 1.165) is 24.2 Å². The zero-order valence-corrected chi connectivity index (χ0v) is 16.5. The summed E-state index contributed by atoms with van der Waals surface area (Å²) in [7, 11) is -1.04. The van der Waals surface area contributed by atoms with E-state index >= 15 is 0 Å². The fraction of sp³-hybridized carbons (Fsp3) is 0.647. The van der Waals surface area contributed by atoms with E-state index in [1.807, 2.05) is 12.4 Å². The van der Waals surface area contributed by atoms with E-state index in [0.29, 0.717) is 23.1 Å². The number of aromatic nitrogens is 3. The van der Waals surface area contributed by atoms with Crippen LogP contribution in [-0.4, -0.2) is 29.5 Å². The Morgan fingerprint density at radius 3 is 2.61 bits per heavy atom. The molecule has 1 unspecified atom stereocenters. The molecule has 0 N–H and O–H groups in total. The zero-order chi connectivity index (χ0) is 16.8. The molecule has 6 heteroatoms. The Morgan fingerprint density at radius 2 is 2.00 bits per heavy atom. The maximum atomic E-state index is 6.37. The van der Waals surface area contributed by atoms with Gasteiger partial charge in [-0.25, -0.2) is 9.97 Å². The molecule has 1 atom stereocenters. The van der Waals surface area contributed by atoms with Crippen molar-refractivity contribution in [3.63, 3.8) is 0 Å². The molecule has 0 aliphatic heterocycles. The van der Waals surface area contributed by atoms with E-state index in [4.69, 9.17) is 16.0 Å². The minimum atomic E-state index is -1.04. The molecule has 1 saturated carbocycles. The van der Waals surface area contributed by atoms with Crippen molar-refractivity contribution < 1.29 is 4.43 Å². The lowest BCUT2D eigenvalue weighted by Gasteiger charge is -2.46. The summed E-state index contributed by atoms with van der Waals surface area (Å²) in [4.78, 5) is 8.72. The van der Waals surface area contributed by atoms with Gasteiger partial charge in [0.05, 0.1) is 12.3 Å². The number of rotatable bonds is 4. The van der Waals surface area contributed by atoms with Crippen LogP contribution in [-0.2, 0) is 4.43 Å². The first-order valence-corrected chi connectivity index (χ1v) is 11.6. The van der Waals surface area contributed by atoms with Gasteiger partial charge in [0.15, 0.2) is 14.2 Å². The summed E-state index contributed by atoms with van der Waals surface area (Å²) in [5, 5.41) is 0.517. The summed E-state index contributed by atoms with van der Waals surface area (Å²) in [5.74, 6) is 2.22. The highest BCUT2D eigenvalue weighted by atomic mass is 35.5. The fourth-order valence-electron chi connectivity index (χ4n) is 3.65. The summed E-state index contributed by atoms with van der Waals surface area (Å²) in [5.41, 5.74) is 1.08. The van der Waals surface area contributed by atoms with Crippen molar-refractivity contribution in [3.05, 3.63) is 29.6 Å². The highest BCUT2D eigenvalue weighted by Gasteiger charge is 2.43. The summed E-state index contributed by atoms with van der Waals surface area (Å²) >= 11 is 6.15. The number of hydrogen-bond acceptors (Lipinski definition) is 3. The summed E-state index contributed by atoms with van der Waals surface area (Å²) in [6.07, 6.45) is 8.15. The molecular formula is C17H26ClN3OSi. The van der Waals surface area contributed by atoms with E-state index in [1.54, 1.807) is 6.20 Å². The molecule has 0 aromatic carbocycles. The second-order valence-electron chi connectivity index (χ2n) is 7.99. The lowest BCUT2D eigenvalue weighted by Crippen LogP contribution is -2.44. The van der Waals surface area contributed by atoms with Crippen molar-refractivity contribution in [3.8, 4) is 0 Å². The molecule has 1 fully saturated rings. The van der Waals surface area contributed by atoms with Crippen LogP contribution in [0, 0.1) is 11.3 Å². The molecule has 0 radical (unpaired) electrons. The van der Waals surface area contributed by atoms with Crippen LogP contribution in [0.4, 0.5) is 0 Å². The topological polar surface area (TPSA) is 39.4 Å². The molecule has 126 valence electrons. The Kier molecular flexibility index (Phi) is 4.55. The second-order valence-corrected chi connectivity index (χ2v) is 10.7. The largest absolute Gasteiger partial charge is 0.417 e. The predicted octanol–water partition coefficient (Wildman–Crippen LogP) is 4.29. The molecule has 1 aliphatic carbocycles. The summed E-state index contributed by atoms with van der Waals surface area (Å²) < 4.78 is 8.46. The molecular weight excluding hydrogens is 326 g/mol. The fourth-order valence-corrected chi connectivity index (χ4v) is 5.07. The standard InChI is InChI=1S/C17H26ClN3OSi/c1-17(2,3)14(22-23(4)5)11-8-12(9-11)16-20-10-13-15(18)19-6-7-21(13)16/h6-7,10-12,14,23H,8-9H2,1-5H3/t11-,12-,14?. The van der Waals surface area contributed by atoms with Crippen LogP contribution in [0.5, 0.6) is 0 Å². The van der Waals surface area contributed by atoms with Crippen molar-refractivity contribution in [2.45, 2.75) is 58.7 Å². The first-order chi connectivity index (χ1) is 10.8. The summed E-state index contributed by atoms with van der Waals surface area (Å²) in [6, 6.07) is 0. The Labute approximate surface area is 145 Å². The first kappa shape index (κ1) is 16.9. The van der Waals surface area contributed by atoms with Gasteiger partial charge in [0, 0.05) is 18.3 Å². The van der Waals surface area contributed by atoms with Crippen LogP contribution in [0.3, 0.4) is 0 Å². The van der Waals surface area contributed by atoms with E-state index in [2.05, 4.69) is 48.2 Å². The predicted molar refractivity (Wildman–Crippen MR) is 96.7 cm³/mol. The molecule has 1 aliphatic rings. The van der Waals surface area contributed by atoms with Gasteiger partial charge >= 0.3 is 0 Å². The van der Waals surface area contributed by atoms with Crippen LogP contribution >= 0.6 is 11.6 Å². The molecule has 2 aromatic heterocycles. The first-order valence-electron chi connectivity index (χ1n) is 8.40. The quantitative estimate of drug-likeness (QED) is 0.771. The third-order valence-electron chi connectivity index (χ3n) is 4.68. The minimum absolute atomic E-state index is 0.189. The van der Waals surface area contributed by atoms with Crippen molar-refractivity contribution in [2.75, 3.05) is 0 Å². The number of fused-ring (bicyclic) bond motifs is 1. The highest BCUT2D eigenvalue weighted by Crippen LogP contribution is 2.47. The number of nitrogens with zero attached hydrogens (tertiary/aromatic N) is 3. The maximum Gasteiger partial charge on any atom is 0.171 e. The van der Waals surface area contributed by atoms with E-state index in [-0.39, 0.29) is 5.41 Å². The Hall–Kier alpha value is -0.913. The average molecular weight is 352 g/mol. The molecule has 2 heterocycles. The smallest absolute Gasteiger partial charge is 0.171 e. The number of halogens is 1. The Balaban J connectivity index is 1.75. The third-order valence-corrected chi connectivity index (χ3v) is 5.81. The zero-order valence-electron chi connectivity index (χ0n) is 14.6. The summed E-state index contributed by atoms with van der Waals surface area (Å²) in [6.45, 7) is 11.4. The van der Waals surface area contributed by atoms with Crippen molar-refractivity contribution >= 4 is 26.2 Å². The van der Waals surface area contributed by atoms with Crippen LogP contribution in [0.1, 0.15) is 45.4 Å². The normalized spacial score (nSPS) is 23.3. The van der Waals surface area contributed by atoms with Crippen LogP contribution in [0.15, 0.2) is 18.6 Å². The highest BCUT2D eigenvalue weighted by molar-refractivity contribution is 6.48. The van der Waals surface area contributed by atoms with Crippen LogP contribution in [0.25, 0.3) is 5.52 Å². The van der Waals surface area contributed by atoms with Crippen molar-refractivity contribution in [1.29, 1.82) is 0 Å². The van der Waals surface area contributed by atoms with Gasteiger partial charge in [-0.2, -0.15) is 0 Å². The molecule has 0 amide bonds. The molecule has 0 spiro atoms. The molecule has 0 bridgehead atoms. The van der Waals surface area contributed by atoms with Gasteiger partial charge in [-0.1, -0.05) is 32.4 Å². The SMILES string of the molecule is C[SiH](C)OC([C@H]1C[C@H](c2ncc3c(Cl)nccn32)C1)C(C)(C)C. The van der Waals surface area contributed by atoms with Crippen LogP contribution in [0.2, 0.25) is 18.2 Å². The van der Waals surface area contributed by atoms with Gasteiger partial charge in [0.1, 0.15) is 11.3 Å². The van der Waals surface area contributed by atoms with Gasteiger partial charge < -0.3 is 4.43 Å². The number of imidazole rings is 1. The maximum absolute atomic E-state index is 6.37. The van der Waals surface area contributed by atoms with E-state index < -0.39 is 9.04 Å². The molecule has 3 rings (SSSR count). The van der Waals surface area contributed by atoms with Gasteiger partial charge in [-0.3, -0.25) is 4.40 Å². The van der Waals surface area contributed by atoms with Crippen LogP contribution < -0.4 is 0 Å². The second kappa shape index (κ2) is 6.19. The molecule has 23 heavy (non-hydrogen) atoms. The monoisotopic (exact) mass is 351 g/mol. The van der Waals surface area contributed by atoms with Gasteiger partial charge in [-0.05, 0) is 37.3 Å². The molecule has 4 nitrogen and oxygen atoms in total. The van der Waals surface area contributed by atoms with Crippen molar-refractivity contribution in [2.24, 2.45) is 11.3 Å². The molecule has 0 saturated heterocycles. The Bertz CT molecular complexity index is 689. The number of hydrogen-bond donors (Lipinski definition) is 0. The van der Waals surface area contributed by atoms with Gasteiger partial charge in [0.25, 0.3) is 0 Å². The van der Waals surface area contributed by atoms with Crippen molar-refractivity contribution in [1.82, 2.24) is 14.4 Å². The van der Waals surface area contributed by atoms with Gasteiger partial charge in [0.2, 0.25) is 0 Å². The Morgan fingerprint density at radius 1 is 1.30 bits per heavy atom. The van der Waals surface area contributed by atoms with E-state index in [9.17, 15) is 0 Å². The molecule has 2 aromatic rings. The van der Waals surface area contributed by atoms with E-state index in [1.165, 1.54) is 0 Å². The lowest BCUT2D eigenvalue weighted by atomic mass is 9.66. The van der Waals surface area contributed by atoms with Gasteiger partial charge in [-0.15, -0.1) is 0 Å². The minimum Gasteiger partial charge on any atom is -0.417 e. The lowest BCUT2D eigenvalue weighted by molar-refractivity contribution is -0.00947.